The van der Waals surface area contributed by atoms with Gasteiger partial charge in [0, 0.05) is 14.1 Å². The summed E-state index contributed by atoms with van der Waals surface area (Å²) in [4.78, 5) is 14.3. The molecule has 0 aliphatic carbocycles. The Hall–Kier alpha value is -2.67. The average molecular weight is 353 g/mol. The number of hydrogen-bond donors (Lipinski definition) is 0. The molecule has 128 valence electrons. The van der Waals surface area contributed by atoms with Crippen molar-refractivity contribution in [2.75, 3.05) is 14.1 Å². The van der Waals surface area contributed by atoms with E-state index in [0.717, 1.165) is 11.1 Å². The fraction of sp³-hybridized carbons (Fsp3) is 0.222. The summed E-state index contributed by atoms with van der Waals surface area (Å²) < 4.78 is 1.72. The largest absolute Gasteiger partial charge is 0.348 e. The molecule has 25 heavy (non-hydrogen) atoms. The highest BCUT2D eigenvalue weighted by molar-refractivity contribution is 8.00. The Morgan fingerprint density at radius 2 is 1.72 bits per heavy atom. The molecule has 0 spiro atoms. The summed E-state index contributed by atoms with van der Waals surface area (Å²) in [5.41, 5.74) is 2.03. The van der Waals surface area contributed by atoms with E-state index in [2.05, 4.69) is 15.5 Å². The van der Waals surface area contributed by atoms with Crippen LogP contribution >= 0.6 is 11.8 Å². The summed E-state index contributed by atoms with van der Waals surface area (Å²) >= 11 is 1.37. The molecule has 3 rings (SSSR count). The zero-order valence-corrected chi connectivity index (χ0v) is 14.9. The topological polar surface area (TPSA) is 63.9 Å². The standard InChI is InChI=1S/C18H19N5OS/c1-22(2)17(24)16(15-11-7-4-8-12-15)25-18-19-20-21-23(18)13-14-9-5-3-6-10-14/h3-12,16H,13H2,1-2H3. The Morgan fingerprint density at radius 1 is 1.08 bits per heavy atom. The number of benzene rings is 2. The third kappa shape index (κ3) is 4.24. The van der Waals surface area contributed by atoms with Crippen LogP contribution in [0.15, 0.2) is 65.8 Å². The van der Waals surface area contributed by atoms with E-state index in [1.807, 2.05) is 60.7 Å². The molecule has 0 bridgehead atoms. The van der Waals surface area contributed by atoms with Crippen molar-refractivity contribution in [3.8, 4) is 0 Å². The van der Waals surface area contributed by atoms with Gasteiger partial charge in [-0.25, -0.2) is 4.68 Å². The lowest BCUT2D eigenvalue weighted by Crippen LogP contribution is -2.27. The Kier molecular flexibility index (Phi) is 5.45. The first-order valence-electron chi connectivity index (χ1n) is 7.88. The summed E-state index contributed by atoms with van der Waals surface area (Å²) in [6, 6.07) is 19.7. The van der Waals surface area contributed by atoms with Gasteiger partial charge in [-0.15, -0.1) is 5.10 Å². The number of carbonyl (C=O) groups is 1. The van der Waals surface area contributed by atoms with Gasteiger partial charge in [-0.05, 0) is 21.6 Å². The molecule has 2 aromatic carbocycles. The van der Waals surface area contributed by atoms with E-state index in [9.17, 15) is 4.79 Å². The molecule has 1 aromatic heterocycles. The zero-order chi connectivity index (χ0) is 17.6. The second-order valence-corrected chi connectivity index (χ2v) is 6.82. The summed E-state index contributed by atoms with van der Waals surface area (Å²) in [6.45, 7) is 0.563. The molecular formula is C18H19N5OS. The predicted octanol–water partition coefficient (Wildman–Crippen LogP) is 2.64. The van der Waals surface area contributed by atoms with Gasteiger partial charge in [0.1, 0.15) is 5.25 Å². The maximum atomic E-state index is 12.7. The second-order valence-electron chi connectivity index (χ2n) is 5.75. The molecule has 1 amide bonds. The average Bonchev–Trinajstić information content (AvgIpc) is 3.07. The minimum atomic E-state index is -0.392. The molecule has 6 nitrogen and oxygen atoms in total. The monoisotopic (exact) mass is 353 g/mol. The van der Waals surface area contributed by atoms with Crippen LogP contribution in [0.1, 0.15) is 16.4 Å². The number of nitrogens with zero attached hydrogens (tertiary/aromatic N) is 5. The van der Waals surface area contributed by atoms with Crippen LogP contribution in [-0.4, -0.2) is 45.1 Å². The maximum Gasteiger partial charge on any atom is 0.240 e. The molecular weight excluding hydrogens is 334 g/mol. The Balaban J connectivity index is 1.86. The first kappa shape index (κ1) is 17.2. The van der Waals surface area contributed by atoms with Gasteiger partial charge in [0.15, 0.2) is 0 Å². The molecule has 7 heteroatoms. The van der Waals surface area contributed by atoms with Crippen molar-refractivity contribution in [2.24, 2.45) is 0 Å². The zero-order valence-electron chi connectivity index (χ0n) is 14.1. The summed E-state index contributed by atoms with van der Waals surface area (Å²) in [5.74, 6) is 0.00506. The highest BCUT2D eigenvalue weighted by Crippen LogP contribution is 2.35. The number of tetrazole rings is 1. The van der Waals surface area contributed by atoms with Gasteiger partial charge in [-0.3, -0.25) is 4.79 Å². The first-order valence-corrected chi connectivity index (χ1v) is 8.76. The lowest BCUT2D eigenvalue weighted by atomic mass is 10.1. The molecule has 0 saturated heterocycles. The van der Waals surface area contributed by atoms with Crippen molar-refractivity contribution < 1.29 is 4.79 Å². The molecule has 0 radical (unpaired) electrons. The summed E-state index contributed by atoms with van der Waals surface area (Å²) in [7, 11) is 3.51. The van der Waals surface area contributed by atoms with Crippen LogP contribution in [0.5, 0.6) is 0 Å². The van der Waals surface area contributed by atoms with Gasteiger partial charge >= 0.3 is 0 Å². The predicted molar refractivity (Wildman–Crippen MR) is 97.1 cm³/mol. The number of amides is 1. The molecule has 3 aromatic rings. The number of likely N-dealkylation sites (N-methyl/N-ethyl adjacent to an activating group) is 1. The van der Waals surface area contributed by atoms with Crippen LogP contribution in [0.3, 0.4) is 0 Å². The first-order chi connectivity index (χ1) is 12.1. The van der Waals surface area contributed by atoms with Gasteiger partial charge in [0.25, 0.3) is 0 Å². The third-order valence-electron chi connectivity index (χ3n) is 3.66. The number of rotatable bonds is 6. The van der Waals surface area contributed by atoms with Crippen molar-refractivity contribution in [3.63, 3.8) is 0 Å². The van der Waals surface area contributed by atoms with Gasteiger partial charge in [0.05, 0.1) is 6.54 Å². The van der Waals surface area contributed by atoms with Gasteiger partial charge < -0.3 is 4.90 Å². The Labute approximate surface area is 150 Å². The number of thioether (sulfide) groups is 1. The highest BCUT2D eigenvalue weighted by atomic mass is 32.2. The van der Waals surface area contributed by atoms with Crippen molar-refractivity contribution in [2.45, 2.75) is 17.0 Å². The van der Waals surface area contributed by atoms with Crippen LogP contribution in [0.2, 0.25) is 0 Å². The number of aromatic nitrogens is 4. The van der Waals surface area contributed by atoms with E-state index in [1.165, 1.54) is 11.8 Å². The Bertz CT molecular complexity index is 820. The molecule has 0 fully saturated rings. The van der Waals surface area contributed by atoms with E-state index in [4.69, 9.17) is 0 Å². The number of hydrogen-bond acceptors (Lipinski definition) is 5. The van der Waals surface area contributed by atoms with Crippen LogP contribution < -0.4 is 0 Å². The van der Waals surface area contributed by atoms with Crippen molar-refractivity contribution >= 4 is 17.7 Å². The highest BCUT2D eigenvalue weighted by Gasteiger charge is 2.26. The number of carbonyl (C=O) groups excluding carboxylic acids is 1. The normalized spacial score (nSPS) is 11.9. The molecule has 0 N–H and O–H groups in total. The molecule has 1 heterocycles. The second kappa shape index (κ2) is 7.94. The van der Waals surface area contributed by atoms with Gasteiger partial charge in [-0.1, -0.05) is 72.4 Å². The van der Waals surface area contributed by atoms with E-state index in [0.29, 0.717) is 11.7 Å². The SMILES string of the molecule is CN(C)C(=O)C(Sc1nnnn1Cc1ccccc1)c1ccccc1. The summed E-state index contributed by atoms with van der Waals surface area (Å²) in [6.07, 6.45) is 0. The lowest BCUT2D eigenvalue weighted by molar-refractivity contribution is -0.128. The van der Waals surface area contributed by atoms with E-state index >= 15 is 0 Å². The molecule has 0 aliphatic rings. The third-order valence-corrected chi connectivity index (χ3v) is 4.88. The lowest BCUT2D eigenvalue weighted by Gasteiger charge is -2.20. The smallest absolute Gasteiger partial charge is 0.240 e. The van der Waals surface area contributed by atoms with Crippen LogP contribution in [-0.2, 0) is 11.3 Å². The van der Waals surface area contributed by atoms with E-state index < -0.39 is 5.25 Å². The minimum Gasteiger partial charge on any atom is -0.348 e. The maximum absolute atomic E-state index is 12.7. The van der Waals surface area contributed by atoms with Crippen molar-refractivity contribution in [1.82, 2.24) is 25.1 Å². The van der Waals surface area contributed by atoms with Crippen molar-refractivity contribution in [1.29, 1.82) is 0 Å². The Morgan fingerprint density at radius 3 is 2.36 bits per heavy atom. The van der Waals surface area contributed by atoms with E-state index in [-0.39, 0.29) is 5.91 Å². The van der Waals surface area contributed by atoms with Gasteiger partial charge in [-0.2, -0.15) is 0 Å². The van der Waals surface area contributed by atoms with Crippen LogP contribution in [0.4, 0.5) is 0 Å². The van der Waals surface area contributed by atoms with E-state index in [1.54, 1.807) is 23.7 Å². The quantitative estimate of drug-likeness (QED) is 0.638. The molecule has 1 atom stereocenters. The van der Waals surface area contributed by atoms with Gasteiger partial charge in [0.2, 0.25) is 11.1 Å². The van der Waals surface area contributed by atoms with Crippen LogP contribution in [0, 0.1) is 0 Å². The van der Waals surface area contributed by atoms with Crippen molar-refractivity contribution in [3.05, 3.63) is 71.8 Å². The molecule has 0 saturated carbocycles. The van der Waals surface area contributed by atoms with Crippen LogP contribution in [0.25, 0.3) is 0 Å². The molecule has 1 unspecified atom stereocenters. The fourth-order valence-corrected chi connectivity index (χ4v) is 3.49. The fourth-order valence-electron chi connectivity index (χ4n) is 2.37. The minimum absolute atomic E-state index is 0.00506. The summed E-state index contributed by atoms with van der Waals surface area (Å²) in [5, 5.41) is 12.2. The molecule has 0 aliphatic heterocycles.